The number of benzene rings is 1. The van der Waals surface area contributed by atoms with E-state index in [0.717, 1.165) is 3.97 Å². The highest BCUT2D eigenvalue weighted by Crippen LogP contribution is 2.27. The quantitative estimate of drug-likeness (QED) is 0.800. The van der Waals surface area contributed by atoms with Gasteiger partial charge in [0.15, 0.2) is 5.78 Å². The summed E-state index contributed by atoms with van der Waals surface area (Å²) in [5, 5.41) is 2.36. The number of Topliss-reactive ketones (excluding diaryl/α,β-unsaturated/α-hetero) is 1. The van der Waals surface area contributed by atoms with Gasteiger partial charge in [-0.05, 0) is 42.3 Å². The van der Waals surface area contributed by atoms with Crippen molar-refractivity contribution in [2.45, 2.75) is 30.3 Å². The molecule has 10 heteroatoms. The number of fused-ring (bicyclic) bond motifs is 2. The molecule has 0 fully saturated rings. The molecule has 1 aliphatic heterocycles. The third-order valence-electron chi connectivity index (χ3n) is 4.13. The number of hydrogen-bond acceptors (Lipinski definition) is 4. The molecular formula is C17H15F3N2O4S. The van der Waals surface area contributed by atoms with Crippen LogP contribution >= 0.6 is 0 Å². The van der Waals surface area contributed by atoms with E-state index < -0.39 is 34.3 Å². The van der Waals surface area contributed by atoms with Crippen molar-refractivity contribution in [3.8, 4) is 0 Å². The number of carbonyl (C=O) groups is 2. The number of ketones is 1. The van der Waals surface area contributed by atoms with Gasteiger partial charge in [0.1, 0.15) is 5.69 Å². The van der Waals surface area contributed by atoms with Crippen molar-refractivity contribution in [2.75, 3.05) is 6.54 Å². The first kappa shape index (κ1) is 19.2. The molecule has 0 bridgehead atoms. The summed E-state index contributed by atoms with van der Waals surface area (Å²) in [6.45, 7) is -0.169. The van der Waals surface area contributed by atoms with Crippen LogP contribution in [0, 0.1) is 0 Å². The maximum atomic E-state index is 12.7. The summed E-state index contributed by atoms with van der Waals surface area (Å²) < 4.78 is 62.7. The van der Waals surface area contributed by atoms with E-state index >= 15 is 0 Å². The lowest BCUT2D eigenvalue weighted by atomic mass is 10.0. The molecule has 6 nitrogen and oxygen atoms in total. The summed E-state index contributed by atoms with van der Waals surface area (Å²) in [5.41, 5.74) is 0.284. The SMILES string of the molecule is O=C(NCCCC(F)(F)F)c1ccc2c(c1)CC(=O)c1cccn1S2(=O)=O. The first-order valence-electron chi connectivity index (χ1n) is 8.03. The molecule has 144 valence electrons. The van der Waals surface area contributed by atoms with E-state index in [9.17, 15) is 31.2 Å². The van der Waals surface area contributed by atoms with Gasteiger partial charge in [-0.2, -0.15) is 13.2 Å². The minimum atomic E-state index is -4.29. The average Bonchev–Trinajstić information content (AvgIpc) is 3.05. The van der Waals surface area contributed by atoms with Crippen LogP contribution in [0.2, 0.25) is 0 Å². The van der Waals surface area contributed by atoms with Gasteiger partial charge in [0, 0.05) is 31.1 Å². The van der Waals surface area contributed by atoms with E-state index in [2.05, 4.69) is 5.32 Å². The Morgan fingerprint density at radius 1 is 1.22 bits per heavy atom. The average molecular weight is 400 g/mol. The second-order valence-corrected chi connectivity index (χ2v) is 7.87. The lowest BCUT2D eigenvalue weighted by molar-refractivity contribution is -0.135. The number of amides is 1. The topological polar surface area (TPSA) is 85.2 Å². The van der Waals surface area contributed by atoms with Crippen LogP contribution in [0.1, 0.15) is 39.3 Å². The molecule has 1 amide bonds. The van der Waals surface area contributed by atoms with Crippen molar-refractivity contribution >= 4 is 21.7 Å². The molecule has 0 saturated carbocycles. The van der Waals surface area contributed by atoms with Crippen LogP contribution in [0.25, 0.3) is 0 Å². The molecule has 0 saturated heterocycles. The monoisotopic (exact) mass is 400 g/mol. The normalized spacial score (nSPS) is 15.6. The Morgan fingerprint density at radius 3 is 2.67 bits per heavy atom. The Labute approximate surface area is 153 Å². The Bertz CT molecular complexity index is 1010. The van der Waals surface area contributed by atoms with E-state index in [1.54, 1.807) is 0 Å². The van der Waals surface area contributed by atoms with Gasteiger partial charge in [-0.25, -0.2) is 12.4 Å². The molecule has 0 unspecified atom stereocenters. The van der Waals surface area contributed by atoms with Crippen LogP contribution in [0.5, 0.6) is 0 Å². The van der Waals surface area contributed by atoms with Crippen LogP contribution < -0.4 is 5.32 Å². The van der Waals surface area contributed by atoms with Gasteiger partial charge in [-0.3, -0.25) is 9.59 Å². The smallest absolute Gasteiger partial charge is 0.352 e. The van der Waals surface area contributed by atoms with Crippen LogP contribution in [0.3, 0.4) is 0 Å². The van der Waals surface area contributed by atoms with Crippen LogP contribution in [0.4, 0.5) is 13.2 Å². The Balaban J connectivity index is 1.82. The second kappa shape index (κ2) is 6.84. The molecule has 3 rings (SSSR count). The molecule has 2 heterocycles. The molecule has 1 aliphatic rings. The van der Waals surface area contributed by atoms with Crippen LogP contribution in [0.15, 0.2) is 41.4 Å². The lowest BCUT2D eigenvalue weighted by Crippen LogP contribution is -2.26. The van der Waals surface area contributed by atoms with Gasteiger partial charge in [0.2, 0.25) is 0 Å². The van der Waals surface area contributed by atoms with E-state index in [1.165, 1.54) is 36.5 Å². The number of rotatable bonds is 4. The first-order valence-corrected chi connectivity index (χ1v) is 9.47. The third-order valence-corrected chi connectivity index (χ3v) is 5.92. The number of carbonyl (C=O) groups excluding carboxylic acids is 2. The number of aromatic nitrogens is 1. The highest BCUT2D eigenvalue weighted by molar-refractivity contribution is 7.90. The van der Waals surface area contributed by atoms with Crippen molar-refractivity contribution in [1.29, 1.82) is 0 Å². The molecule has 0 radical (unpaired) electrons. The fourth-order valence-electron chi connectivity index (χ4n) is 2.86. The largest absolute Gasteiger partial charge is 0.389 e. The van der Waals surface area contributed by atoms with Gasteiger partial charge in [0.25, 0.3) is 15.9 Å². The zero-order valence-electron chi connectivity index (χ0n) is 13.9. The lowest BCUT2D eigenvalue weighted by Gasteiger charge is -2.11. The fraction of sp³-hybridized carbons (Fsp3) is 0.294. The van der Waals surface area contributed by atoms with E-state index in [-0.39, 0.29) is 41.1 Å². The molecule has 1 aromatic carbocycles. The number of hydrogen-bond donors (Lipinski definition) is 1. The van der Waals surface area contributed by atoms with Gasteiger partial charge in [-0.1, -0.05) is 0 Å². The van der Waals surface area contributed by atoms with Crippen LogP contribution in [-0.4, -0.2) is 36.8 Å². The van der Waals surface area contributed by atoms with Gasteiger partial charge < -0.3 is 5.32 Å². The van der Waals surface area contributed by atoms with Crippen molar-refractivity contribution in [1.82, 2.24) is 9.29 Å². The Kier molecular flexibility index (Phi) is 4.85. The minimum Gasteiger partial charge on any atom is -0.352 e. The summed E-state index contributed by atoms with van der Waals surface area (Å²) in [5.74, 6) is -1.04. The number of nitrogens with zero attached hydrogens (tertiary/aromatic N) is 1. The molecule has 0 atom stereocenters. The van der Waals surface area contributed by atoms with Gasteiger partial charge in [-0.15, -0.1) is 0 Å². The van der Waals surface area contributed by atoms with Crippen molar-refractivity contribution < 1.29 is 31.2 Å². The molecule has 1 N–H and O–H groups in total. The molecule has 0 aliphatic carbocycles. The Morgan fingerprint density at radius 2 is 1.96 bits per heavy atom. The standard InChI is InChI=1S/C17H15F3N2O4S/c18-17(19,20)6-2-7-21-16(24)11-4-5-15-12(9-11)10-14(23)13-3-1-8-22(13)27(15,25)26/h1,3-5,8-9H,2,6-7,10H2,(H,21,24). The number of nitrogens with one attached hydrogen (secondary N) is 1. The maximum Gasteiger partial charge on any atom is 0.389 e. The molecule has 0 spiro atoms. The molecule has 2 aromatic rings. The van der Waals surface area contributed by atoms with Gasteiger partial charge in [0.05, 0.1) is 4.90 Å². The van der Waals surface area contributed by atoms with Crippen LogP contribution in [-0.2, 0) is 16.4 Å². The summed E-state index contributed by atoms with van der Waals surface area (Å²) in [6, 6.07) is 6.65. The summed E-state index contributed by atoms with van der Waals surface area (Å²) in [4.78, 5) is 24.3. The Hall–Kier alpha value is -2.62. The maximum absolute atomic E-state index is 12.7. The summed E-state index contributed by atoms with van der Waals surface area (Å²) in [7, 11) is -3.97. The van der Waals surface area contributed by atoms with Crippen molar-refractivity contribution in [2.24, 2.45) is 0 Å². The predicted molar refractivity (Wildman–Crippen MR) is 89.1 cm³/mol. The highest BCUT2D eigenvalue weighted by atomic mass is 32.2. The van der Waals surface area contributed by atoms with E-state index in [0.29, 0.717) is 0 Å². The van der Waals surface area contributed by atoms with Crippen molar-refractivity contribution in [3.05, 3.63) is 53.3 Å². The highest BCUT2D eigenvalue weighted by Gasteiger charge is 2.30. The number of alkyl halides is 3. The second-order valence-electron chi connectivity index (χ2n) is 6.09. The molecule has 27 heavy (non-hydrogen) atoms. The summed E-state index contributed by atoms with van der Waals surface area (Å²) >= 11 is 0. The van der Waals surface area contributed by atoms with E-state index in [4.69, 9.17) is 0 Å². The first-order chi connectivity index (χ1) is 12.6. The fourth-order valence-corrected chi connectivity index (χ4v) is 4.43. The zero-order chi connectivity index (χ0) is 19.8. The third kappa shape index (κ3) is 3.90. The molecular weight excluding hydrogens is 385 g/mol. The number of halogens is 3. The predicted octanol–water partition coefficient (Wildman–Crippen LogP) is 2.54. The zero-order valence-corrected chi connectivity index (χ0v) is 14.7. The van der Waals surface area contributed by atoms with Crippen molar-refractivity contribution in [3.63, 3.8) is 0 Å². The van der Waals surface area contributed by atoms with Gasteiger partial charge >= 0.3 is 6.18 Å². The minimum absolute atomic E-state index is 0.0318. The molecule has 1 aromatic heterocycles. The summed E-state index contributed by atoms with van der Waals surface area (Å²) in [6.07, 6.45) is -4.49. The van der Waals surface area contributed by atoms with E-state index in [1.807, 2.05) is 0 Å².